The minimum atomic E-state index is -0.354. The Morgan fingerprint density at radius 3 is 2.62 bits per heavy atom. The van der Waals surface area contributed by atoms with Gasteiger partial charge in [0, 0.05) is 29.8 Å². The summed E-state index contributed by atoms with van der Waals surface area (Å²) in [5.74, 6) is 0.552. The number of hydrogen-bond acceptors (Lipinski definition) is 5. The predicted octanol–water partition coefficient (Wildman–Crippen LogP) is 3.83. The lowest BCUT2D eigenvalue weighted by atomic mass is 9.97. The van der Waals surface area contributed by atoms with Gasteiger partial charge in [-0.05, 0) is 81.5 Å². The molecule has 0 aliphatic carbocycles. The molecular weight excluding hydrogens is 439 g/mol. The topological polar surface area (TPSA) is 77.1 Å². The molecule has 2 unspecified atom stereocenters. The average molecular weight is 471 g/mol. The van der Waals surface area contributed by atoms with Crippen LogP contribution in [0.25, 0.3) is 0 Å². The summed E-state index contributed by atoms with van der Waals surface area (Å²) in [5.41, 5.74) is 1.85. The third kappa shape index (κ3) is 5.67. The Labute approximate surface area is 199 Å². The van der Waals surface area contributed by atoms with Gasteiger partial charge in [-0.1, -0.05) is 0 Å². The van der Waals surface area contributed by atoms with Crippen LogP contribution in [-0.4, -0.2) is 48.7 Å². The first-order chi connectivity index (χ1) is 16.4. The molecule has 0 radical (unpaired) electrons. The third-order valence-electron chi connectivity index (χ3n) is 6.39. The molecule has 34 heavy (non-hydrogen) atoms. The van der Waals surface area contributed by atoms with Crippen LogP contribution in [0.15, 0.2) is 36.4 Å². The molecule has 1 saturated heterocycles. The van der Waals surface area contributed by atoms with Crippen molar-refractivity contribution in [2.75, 3.05) is 19.9 Å². The molecule has 0 bridgehead atoms. The average Bonchev–Trinajstić information content (AvgIpc) is 2.82. The van der Waals surface area contributed by atoms with Crippen molar-refractivity contribution in [1.82, 2.24) is 10.2 Å². The SMILES string of the molecule is CC1CCCC(C)N1C(=O)COc1ccc(C(=O)NCCc2cc(F)cc3c2OCOC3)cc1. The third-order valence-corrected chi connectivity index (χ3v) is 6.39. The molecule has 8 heteroatoms. The summed E-state index contributed by atoms with van der Waals surface area (Å²) in [6.07, 6.45) is 3.61. The van der Waals surface area contributed by atoms with E-state index in [2.05, 4.69) is 19.2 Å². The van der Waals surface area contributed by atoms with Gasteiger partial charge in [0.25, 0.3) is 11.8 Å². The van der Waals surface area contributed by atoms with E-state index in [0.717, 1.165) is 19.3 Å². The van der Waals surface area contributed by atoms with E-state index < -0.39 is 0 Å². The number of piperidine rings is 1. The zero-order valence-electron chi connectivity index (χ0n) is 19.6. The Balaban J connectivity index is 1.27. The van der Waals surface area contributed by atoms with Crippen LogP contribution in [0.3, 0.4) is 0 Å². The Kier molecular flexibility index (Phi) is 7.67. The first-order valence-corrected chi connectivity index (χ1v) is 11.8. The van der Waals surface area contributed by atoms with E-state index in [1.807, 2.05) is 4.90 Å². The van der Waals surface area contributed by atoms with Crippen LogP contribution < -0.4 is 14.8 Å². The Morgan fingerprint density at radius 1 is 1.15 bits per heavy atom. The molecule has 2 aromatic rings. The maximum absolute atomic E-state index is 13.9. The van der Waals surface area contributed by atoms with Crippen LogP contribution in [0.2, 0.25) is 0 Å². The molecule has 182 valence electrons. The quantitative estimate of drug-likeness (QED) is 0.666. The van der Waals surface area contributed by atoms with Crippen molar-refractivity contribution < 1.29 is 28.2 Å². The Morgan fingerprint density at radius 2 is 1.88 bits per heavy atom. The summed E-state index contributed by atoms with van der Waals surface area (Å²) in [5, 5.41) is 2.85. The van der Waals surface area contributed by atoms with E-state index >= 15 is 0 Å². The highest BCUT2D eigenvalue weighted by Crippen LogP contribution is 2.29. The molecule has 0 saturated carbocycles. The Bertz CT molecular complexity index is 1020. The van der Waals surface area contributed by atoms with Crippen LogP contribution in [0, 0.1) is 5.82 Å². The van der Waals surface area contributed by atoms with Crippen molar-refractivity contribution in [2.24, 2.45) is 0 Å². The number of nitrogens with zero attached hydrogens (tertiary/aromatic N) is 1. The fourth-order valence-electron chi connectivity index (χ4n) is 4.69. The molecular formula is C26H31FN2O5. The van der Waals surface area contributed by atoms with E-state index in [1.54, 1.807) is 24.3 Å². The molecule has 4 rings (SSSR count). The number of amides is 2. The number of fused-ring (bicyclic) bond motifs is 1. The van der Waals surface area contributed by atoms with Gasteiger partial charge < -0.3 is 24.4 Å². The minimum Gasteiger partial charge on any atom is -0.484 e. The summed E-state index contributed by atoms with van der Waals surface area (Å²) in [6.45, 7) is 4.90. The van der Waals surface area contributed by atoms with E-state index in [4.69, 9.17) is 14.2 Å². The molecule has 2 heterocycles. The number of likely N-dealkylation sites (tertiary alicyclic amines) is 1. The summed E-state index contributed by atoms with van der Waals surface area (Å²) >= 11 is 0. The van der Waals surface area contributed by atoms with Gasteiger partial charge >= 0.3 is 0 Å². The van der Waals surface area contributed by atoms with E-state index in [1.165, 1.54) is 12.1 Å². The molecule has 2 aliphatic rings. The van der Waals surface area contributed by atoms with Gasteiger partial charge in [-0.2, -0.15) is 0 Å². The molecule has 2 atom stereocenters. The molecule has 1 N–H and O–H groups in total. The molecule has 2 aromatic carbocycles. The first kappa shape index (κ1) is 24.0. The lowest BCUT2D eigenvalue weighted by molar-refractivity contribution is -0.139. The number of ether oxygens (including phenoxy) is 3. The zero-order chi connectivity index (χ0) is 24.1. The van der Waals surface area contributed by atoms with Crippen LogP contribution in [0.4, 0.5) is 4.39 Å². The minimum absolute atomic E-state index is 0.0170. The van der Waals surface area contributed by atoms with Crippen molar-refractivity contribution in [1.29, 1.82) is 0 Å². The van der Waals surface area contributed by atoms with Gasteiger partial charge in [-0.3, -0.25) is 9.59 Å². The van der Waals surface area contributed by atoms with Crippen molar-refractivity contribution in [3.8, 4) is 11.5 Å². The smallest absolute Gasteiger partial charge is 0.260 e. The number of hydrogen-bond donors (Lipinski definition) is 1. The number of benzene rings is 2. The summed E-state index contributed by atoms with van der Waals surface area (Å²) in [4.78, 5) is 27.0. The van der Waals surface area contributed by atoms with Crippen LogP contribution in [-0.2, 0) is 22.6 Å². The second-order valence-electron chi connectivity index (χ2n) is 8.91. The van der Waals surface area contributed by atoms with E-state index in [0.29, 0.717) is 47.8 Å². The Hall–Kier alpha value is -3.13. The van der Waals surface area contributed by atoms with Crippen LogP contribution in [0.5, 0.6) is 11.5 Å². The van der Waals surface area contributed by atoms with Crippen molar-refractivity contribution >= 4 is 11.8 Å². The van der Waals surface area contributed by atoms with Crippen LogP contribution in [0.1, 0.15) is 54.6 Å². The fourth-order valence-corrected chi connectivity index (χ4v) is 4.69. The second kappa shape index (κ2) is 10.9. The standard InChI is InChI=1S/C26H31FN2O5/c1-17-4-3-5-18(2)29(17)24(30)15-33-23-8-6-19(7-9-23)26(31)28-11-10-20-12-22(27)13-21-14-32-16-34-25(20)21/h6-9,12-13,17-18H,3-5,10-11,14-16H2,1-2H3,(H,28,31). The van der Waals surface area contributed by atoms with Crippen molar-refractivity contribution in [2.45, 2.75) is 58.2 Å². The molecule has 0 aromatic heterocycles. The van der Waals surface area contributed by atoms with Crippen molar-refractivity contribution in [3.63, 3.8) is 0 Å². The summed E-state index contributed by atoms with van der Waals surface area (Å²) < 4.78 is 30.2. The number of halogens is 1. The van der Waals surface area contributed by atoms with Crippen LogP contribution >= 0.6 is 0 Å². The molecule has 7 nitrogen and oxygen atoms in total. The maximum atomic E-state index is 13.9. The first-order valence-electron chi connectivity index (χ1n) is 11.8. The van der Waals surface area contributed by atoms with E-state index in [9.17, 15) is 14.0 Å². The van der Waals surface area contributed by atoms with Gasteiger partial charge in [0.1, 0.15) is 17.3 Å². The maximum Gasteiger partial charge on any atom is 0.260 e. The normalized spacial score (nSPS) is 19.7. The highest BCUT2D eigenvalue weighted by molar-refractivity contribution is 5.94. The fraction of sp³-hybridized carbons (Fsp3) is 0.462. The predicted molar refractivity (Wildman–Crippen MR) is 124 cm³/mol. The van der Waals surface area contributed by atoms with E-state index in [-0.39, 0.29) is 43.1 Å². The largest absolute Gasteiger partial charge is 0.484 e. The monoisotopic (exact) mass is 470 g/mol. The molecule has 0 spiro atoms. The summed E-state index contributed by atoms with van der Waals surface area (Å²) in [7, 11) is 0. The van der Waals surface area contributed by atoms with Gasteiger partial charge in [0.2, 0.25) is 0 Å². The van der Waals surface area contributed by atoms with Gasteiger partial charge in [0.05, 0.1) is 6.61 Å². The summed E-state index contributed by atoms with van der Waals surface area (Å²) in [6, 6.07) is 9.96. The number of rotatable bonds is 7. The zero-order valence-corrected chi connectivity index (χ0v) is 19.6. The van der Waals surface area contributed by atoms with Gasteiger partial charge in [0.15, 0.2) is 13.4 Å². The highest BCUT2D eigenvalue weighted by atomic mass is 19.1. The lowest BCUT2D eigenvalue weighted by Gasteiger charge is -2.38. The number of carbonyl (C=O) groups is 2. The second-order valence-corrected chi connectivity index (χ2v) is 8.91. The molecule has 1 fully saturated rings. The van der Waals surface area contributed by atoms with Gasteiger partial charge in [-0.15, -0.1) is 0 Å². The molecule has 2 amide bonds. The highest BCUT2D eigenvalue weighted by Gasteiger charge is 2.29. The van der Waals surface area contributed by atoms with Gasteiger partial charge in [-0.25, -0.2) is 4.39 Å². The van der Waals surface area contributed by atoms with Crippen molar-refractivity contribution in [3.05, 3.63) is 58.9 Å². The number of nitrogens with one attached hydrogen (secondary N) is 1. The lowest BCUT2D eigenvalue weighted by Crippen LogP contribution is -2.49. The number of carbonyl (C=O) groups excluding carboxylic acids is 2. The molecule has 2 aliphatic heterocycles.